The third-order valence-electron chi connectivity index (χ3n) is 6.73. The Kier molecular flexibility index (Phi) is 6.17. The molecule has 1 heterocycles. The summed E-state index contributed by atoms with van der Waals surface area (Å²) in [6, 6.07) is 38.1. The van der Waals surface area contributed by atoms with Gasteiger partial charge in [0, 0.05) is 11.5 Å². The zero-order valence-corrected chi connectivity index (χ0v) is 19.5. The maximum absolute atomic E-state index is 4.93. The summed E-state index contributed by atoms with van der Waals surface area (Å²) in [4.78, 5) is 8.73. The fraction of sp³-hybridized carbons (Fsp3) is 0.207. The molecule has 0 atom stereocenters. The van der Waals surface area contributed by atoms with Crippen LogP contribution in [-0.4, -0.2) is 25.3 Å². The van der Waals surface area contributed by atoms with Gasteiger partial charge in [0.05, 0.1) is 11.7 Å². The number of hydrogen-bond acceptors (Lipinski definition) is 1. The van der Waals surface area contributed by atoms with Crippen molar-refractivity contribution >= 4 is 35.2 Å². The molecule has 3 heteroatoms. The molecule has 1 aliphatic rings. The van der Waals surface area contributed by atoms with Gasteiger partial charge in [-0.05, 0) is 40.5 Å². The van der Waals surface area contributed by atoms with Crippen LogP contribution in [0.1, 0.15) is 37.8 Å². The first kappa shape index (κ1) is 20.7. The summed E-state index contributed by atoms with van der Waals surface area (Å²) in [6.07, 6.45) is 8.49. The summed E-state index contributed by atoms with van der Waals surface area (Å²) in [5, 5.41) is 5.45. The van der Waals surface area contributed by atoms with Gasteiger partial charge in [0.1, 0.15) is 0 Å². The third kappa shape index (κ3) is 4.01. The average molecular weight is 435 g/mol. The number of rotatable bonds is 6. The SMILES string of the molecule is C(=N\C1CCCCC1)/c1ccc([Si](c2ccccc2)(c2ccccc2)c2ccccc2)[nH]1. The number of benzene rings is 3. The van der Waals surface area contributed by atoms with Crippen LogP contribution >= 0.6 is 0 Å². The van der Waals surface area contributed by atoms with Crippen molar-refractivity contribution in [3.63, 3.8) is 0 Å². The highest BCUT2D eigenvalue weighted by atomic mass is 28.3. The predicted octanol–water partition coefficient (Wildman–Crippen LogP) is 4.14. The van der Waals surface area contributed by atoms with Crippen molar-refractivity contribution in [2.24, 2.45) is 4.99 Å². The van der Waals surface area contributed by atoms with Crippen molar-refractivity contribution in [1.82, 2.24) is 4.98 Å². The van der Waals surface area contributed by atoms with Crippen LogP contribution < -0.4 is 20.9 Å². The number of H-pyrrole nitrogens is 1. The Morgan fingerprint density at radius 2 is 1.12 bits per heavy atom. The van der Waals surface area contributed by atoms with E-state index in [0.717, 1.165) is 5.69 Å². The average Bonchev–Trinajstić information content (AvgIpc) is 3.35. The third-order valence-corrected chi connectivity index (χ3v) is 11.4. The van der Waals surface area contributed by atoms with Gasteiger partial charge in [0.15, 0.2) is 8.07 Å². The molecular weight excluding hydrogens is 404 g/mol. The summed E-state index contributed by atoms with van der Waals surface area (Å²) in [5.41, 5.74) is 1.10. The first-order chi connectivity index (χ1) is 15.9. The van der Waals surface area contributed by atoms with Crippen LogP contribution in [0.5, 0.6) is 0 Å². The molecule has 0 aliphatic heterocycles. The van der Waals surface area contributed by atoms with Crippen molar-refractivity contribution in [3.05, 3.63) is 109 Å². The van der Waals surface area contributed by atoms with Crippen LogP contribution in [0.3, 0.4) is 0 Å². The number of nitrogens with one attached hydrogen (secondary N) is 1. The van der Waals surface area contributed by atoms with Crippen LogP contribution in [0.15, 0.2) is 108 Å². The summed E-state index contributed by atoms with van der Waals surface area (Å²) < 4.78 is 0. The molecule has 3 aromatic carbocycles. The Balaban J connectivity index is 1.65. The fourth-order valence-corrected chi connectivity index (χ4v) is 9.83. The van der Waals surface area contributed by atoms with Crippen molar-refractivity contribution in [1.29, 1.82) is 0 Å². The van der Waals surface area contributed by atoms with Gasteiger partial charge in [0.2, 0.25) is 0 Å². The largest absolute Gasteiger partial charge is 0.360 e. The van der Waals surface area contributed by atoms with E-state index in [4.69, 9.17) is 4.99 Å². The number of aromatic nitrogens is 1. The first-order valence-electron chi connectivity index (χ1n) is 11.8. The van der Waals surface area contributed by atoms with E-state index < -0.39 is 8.07 Å². The quantitative estimate of drug-likeness (QED) is 0.268. The summed E-state index contributed by atoms with van der Waals surface area (Å²) in [7, 11) is -2.46. The number of aliphatic imine (C=N–C) groups is 1. The van der Waals surface area contributed by atoms with Crippen LogP contribution in [0, 0.1) is 0 Å². The zero-order valence-electron chi connectivity index (χ0n) is 18.5. The summed E-state index contributed by atoms with van der Waals surface area (Å²) in [5.74, 6) is 0. The predicted molar refractivity (Wildman–Crippen MR) is 139 cm³/mol. The minimum atomic E-state index is -2.46. The normalized spacial score (nSPS) is 15.2. The second-order valence-corrected chi connectivity index (χ2v) is 12.5. The van der Waals surface area contributed by atoms with E-state index in [0.29, 0.717) is 6.04 Å². The number of aromatic amines is 1. The lowest BCUT2D eigenvalue weighted by atomic mass is 9.96. The standard InChI is InChI=1S/C29H30N2Si/c1-5-13-24(14-6-1)30-23-25-21-22-29(31-25)32(26-15-7-2-8-16-26,27-17-9-3-10-18-27)28-19-11-4-12-20-28/h2-4,7-12,15-24,31H,1,5-6,13-14H2/b30-23+. The molecule has 0 bridgehead atoms. The Hall–Kier alpha value is -3.17. The van der Waals surface area contributed by atoms with Gasteiger partial charge in [-0.3, -0.25) is 4.99 Å². The highest BCUT2D eigenvalue weighted by molar-refractivity contribution is 7.19. The van der Waals surface area contributed by atoms with Gasteiger partial charge >= 0.3 is 0 Å². The molecule has 32 heavy (non-hydrogen) atoms. The minimum absolute atomic E-state index is 0.481. The smallest absolute Gasteiger partial charge is 0.198 e. The second-order valence-electron chi connectivity index (χ2n) is 8.75. The van der Waals surface area contributed by atoms with Gasteiger partial charge in [-0.2, -0.15) is 0 Å². The lowest BCUT2D eigenvalue weighted by Crippen LogP contribution is -2.75. The molecule has 1 N–H and O–H groups in total. The first-order valence-corrected chi connectivity index (χ1v) is 13.8. The van der Waals surface area contributed by atoms with Gasteiger partial charge in [-0.25, -0.2) is 0 Å². The Bertz CT molecular complexity index is 1050. The van der Waals surface area contributed by atoms with E-state index >= 15 is 0 Å². The highest BCUT2D eigenvalue weighted by Crippen LogP contribution is 2.20. The molecule has 5 rings (SSSR count). The lowest BCUT2D eigenvalue weighted by molar-refractivity contribution is 0.444. The van der Waals surface area contributed by atoms with E-state index in [1.54, 1.807) is 0 Å². The van der Waals surface area contributed by atoms with E-state index in [9.17, 15) is 0 Å². The van der Waals surface area contributed by atoms with Gasteiger partial charge < -0.3 is 4.98 Å². The Morgan fingerprint density at radius 3 is 1.62 bits per heavy atom. The van der Waals surface area contributed by atoms with E-state index in [2.05, 4.69) is 114 Å². The maximum Gasteiger partial charge on any atom is 0.198 e. The summed E-state index contributed by atoms with van der Waals surface area (Å²) >= 11 is 0. The van der Waals surface area contributed by atoms with E-state index in [-0.39, 0.29) is 0 Å². The van der Waals surface area contributed by atoms with Gasteiger partial charge in [-0.15, -0.1) is 0 Å². The Morgan fingerprint density at radius 1 is 0.625 bits per heavy atom. The molecular formula is C29H30N2Si. The van der Waals surface area contributed by atoms with Crippen molar-refractivity contribution < 1.29 is 0 Å². The molecule has 0 radical (unpaired) electrons. The van der Waals surface area contributed by atoms with Crippen LogP contribution in [0.2, 0.25) is 0 Å². The number of hydrogen-bond donors (Lipinski definition) is 1. The topological polar surface area (TPSA) is 28.1 Å². The molecule has 0 unspecified atom stereocenters. The van der Waals surface area contributed by atoms with Crippen LogP contribution in [0.4, 0.5) is 0 Å². The van der Waals surface area contributed by atoms with E-state index in [1.807, 2.05) is 0 Å². The lowest BCUT2D eigenvalue weighted by Gasteiger charge is -2.33. The number of nitrogens with zero attached hydrogens (tertiary/aromatic N) is 1. The van der Waals surface area contributed by atoms with Gasteiger partial charge in [0.25, 0.3) is 0 Å². The van der Waals surface area contributed by atoms with Crippen molar-refractivity contribution in [2.75, 3.05) is 0 Å². The molecule has 1 aliphatic carbocycles. The zero-order chi connectivity index (χ0) is 21.6. The van der Waals surface area contributed by atoms with Crippen molar-refractivity contribution in [3.8, 4) is 0 Å². The fourth-order valence-electron chi connectivity index (χ4n) is 5.15. The van der Waals surface area contributed by atoms with Gasteiger partial charge in [-0.1, -0.05) is 110 Å². The monoisotopic (exact) mass is 434 g/mol. The molecule has 1 fully saturated rings. The molecule has 0 saturated heterocycles. The molecule has 160 valence electrons. The molecule has 1 aromatic heterocycles. The molecule has 4 aromatic rings. The van der Waals surface area contributed by atoms with Crippen LogP contribution in [0.25, 0.3) is 0 Å². The molecule has 1 saturated carbocycles. The molecule has 2 nitrogen and oxygen atoms in total. The maximum atomic E-state index is 4.93. The van der Waals surface area contributed by atoms with Crippen molar-refractivity contribution in [2.45, 2.75) is 38.1 Å². The Labute approximate surface area is 192 Å². The highest BCUT2D eigenvalue weighted by Gasteiger charge is 2.42. The van der Waals surface area contributed by atoms with E-state index in [1.165, 1.54) is 53.0 Å². The minimum Gasteiger partial charge on any atom is -0.360 e. The molecule has 0 amide bonds. The van der Waals surface area contributed by atoms with Crippen LogP contribution in [-0.2, 0) is 0 Å². The second kappa shape index (κ2) is 9.54. The summed E-state index contributed by atoms with van der Waals surface area (Å²) in [6.45, 7) is 0. The molecule has 0 spiro atoms.